The van der Waals surface area contributed by atoms with Crippen molar-refractivity contribution >= 4 is 37.7 Å². The highest BCUT2D eigenvalue weighted by atomic mass is 79.9. The fourth-order valence-electron chi connectivity index (χ4n) is 5.38. The fourth-order valence-corrected chi connectivity index (χ4v) is 5.65. The summed E-state index contributed by atoms with van der Waals surface area (Å²) < 4.78 is 3.47. The Hall–Kier alpha value is -4.40. The summed E-state index contributed by atoms with van der Waals surface area (Å²) in [5, 5.41) is 2.53. The summed E-state index contributed by atoms with van der Waals surface area (Å²) in [5.41, 5.74) is 10.9. The molecule has 180 valence electrons. The minimum atomic E-state index is 1.09. The molecule has 0 aliphatic rings. The van der Waals surface area contributed by atoms with Crippen molar-refractivity contribution in [1.29, 1.82) is 0 Å². The number of nitrogens with zero attached hydrogens (tertiary/aromatic N) is 1. The maximum atomic E-state index is 3.54. The molecule has 0 saturated carbocycles. The standard InChI is InChI=1S/C36H24BrN/c37-31-18-13-27(14-19-31)28-9-6-10-29(23-28)30-17-22-36-34(24-30)33-11-4-5-12-35(33)38(36)32-20-15-26(16-21-32)25-7-2-1-3-8-25/h1-24H. The zero-order valence-electron chi connectivity index (χ0n) is 20.7. The summed E-state index contributed by atoms with van der Waals surface area (Å²) in [6, 6.07) is 52.3. The minimum absolute atomic E-state index is 1.09. The number of benzene rings is 6. The Morgan fingerprint density at radius 2 is 0.895 bits per heavy atom. The SMILES string of the molecule is Brc1ccc(-c2cccc(-c3ccc4c(c3)c3ccccc3n4-c3ccc(-c4ccccc4)cc3)c2)cc1. The molecule has 38 heavy (non-hydrogen) atoms. The molecule has 0 aliphatic heterocycles. The number of aromatic nitrogens is 1. The van der Waals surface area contributed by atoms with Crippen molar-refractivity contribution < 1.29 is 0 Å². The van der Waals surface area contributed by atoms with Gasteiger partial charge in [-0.1, -0.05) is 113 Å². The second kappa shape index (κ2) is 9.48. The second-order valence-electron chi connectivity index (χ2n) is 9.59. The van der Waals surface area contributed by atoms with E-state index in [1.807, 2.05) is 0 Å². The van der Waals surface area contributed by atoms with Crippen LogP contribution < -0.4 is 0 Å². The van der Waals surface area contributed by atoms with Crippen LogP contribution in [0.2, 0.25) is 0 Å². The van der Waals surface area contributed by atoms with Gasteiger partial charge in [-0.3, -0.25) is 0 Å². The van der Waals surface area contributed by atoms with E-state index in [0.29, 0.717) is 0 Å². The Labute approximate surface area is 230 Å². The number of rotatable bonds is 4. The van der Waals surface area contributed by atoms with E-state index >= 15 is 0 Å². The molecule has 0 bridgehead atoms. The molecular formula is C36H24BrN. The Morgan fingerprint density at radius 3 is 1.68 bits per heavy atom. The molecule has 0 fully saturated rings. The van der Waals surface area contributed by atoms with Crippen LogP contribution >= 0.6 is 15.9 Å². The Bertz CT molecular complexity index is 1900. The molecule has 7 aromatic rings. The molecule has 0 spiro atoms. The lowest BCUT2D eigenvalue weighted by Crippen LogP contribution is -1.93. The molecule has 7 rings (SSSR count). The van der Waals surface area contributed by atoms with Gasteiger partial charge in [-0.05, 0) is 81.9 Å². The van der Waals surface area contributed by atoms with Crippen LogP contribution in [0, 0.1) is 0 Å². The maximum Gasteiger partial charge on any atom is 0.0541 e. The van der Waals surface area contributed by atoms with Crippen molar-refractivity contribution in [2.24, 2.45) is 0 Å². The first-order valence-corrected chi connectivity index (χ1v) is 13.6. The lowest BCUT2D eigenvalue weighted by molar-refractivity contribution is 1.18. The molecule has 0 amide bonds. The first kappa shape index (κ1) is 22.8. The molecule has 0 N–H and O–H groups in total. The topological polar surface area (TPSA) is 4.93 Å². The molecule has 1 aromatic heterocycles. The Balaban J connectivity index is 1.34. The van der Waals surface area contributed by atoms with E-state index in [-0.39, 0.29) is 0 Å². The van der Waals surface area contributed by atoms with Gasteiger partial charge in [0.25, 0.3) is 0 Å². The third kappa shape index (κ3) is 4.04. The number of para-hydroxylation sites is 1. The van der Waals surface area contributed by atoms with Gasteiger partial charge in [0.15, 0.2) is 0 Å². The summed E-state index contributed by atoms with van der Waals surface area (Å²) in [7, 11) is 0. The fraction of sp³-hybridized carbons (Fsp3) is 0. The molecule has 0 saturated heterocycles. The van der Waals surface area contributed by atoms with Crippen LogP contribution in [-0.2, 0) is 0 Å². The third-order valence-electron chi connectivity index (χ3n) is 7.28. The van der Waals surface area contributed by atoms with Crippen LogP contribution in [0.25, 0.3) is 60.9 Å². The zero-order chi connectivity index (χ0) is 25.5. The van der Waals surface area contributed by atoms with Crippen LogP contribution in [0.3, 0.4) is 0 Å². The van der Waals surface area contributed by atoms with Gasteiger partial charge in [0.05, 0.1) is 11.0 Å². The number of fused-ring (bicyclic) bond motifs is 3. The van der Waals surface area contributed by atoms with Gasteiger partial charge in [0.1, 0.15) is 0 Å². The van der Waals surface area contributed by atoms with Gasteiger partial charge < -0.3 is 4.57 Å². The van der Waals surface area contributed by atoms with Crippen molar-refractivity contribution in [3.63, 3.8) is 0 Å². The van der Waals surface area contributed by atoms with E-state index < -0.39 is 0 Å². The molecular weight excluding hydrogens is 526 g/mol. The highest BCUT2D eigenvalue weighted by molar-refractivity contribution is 9.10. The molecule has 1 nitrogen and oxygen atoms in total. The van der Waals surface area contributed by atoms with Crippen LogP contribution in [0.5, 0.6) is 0 Å². The molecule has 0 unspecified atom stereocenters. The summed E-state index contributed by atoms with van der Waals surface area (Å²) >= 11 is 3.54. The van der Waals surface area contributed by atoms with Crippen molar-refractivity contribution in [1.82, 2.24) is 4.57 Å². The van der Waals surface area contributed by atoms with E-state index in [0.717, 1.165) is 4.47 Å². The summed E-state index contributed by atoms with van der Waals surface area (Å²) in [6.07, 6.45) is 0. The monoisotopic (exact) mass is 549 g/mol. The maximum absolute atomic E-state index is 3.54. The molecule has 1 heterocycles. The quantitative estimate of drug-likeness (QED) is 0.205. The van der Waals surface area contributed by atoms with E-state index in [4.69, 9.17) is 0 Å². The predicted octanol–water partition coefficient (Wildman–Crippen LogP) is 10.5. The normalized spacial score (nSPS) is 11.3. The minimum Gasteiger partial charge on any atom is -0.309 e. The van der Waals surface area contributed by atoms with Gasteiger partial charge in [-0.25, -0.2) is 0 Å². The highest BCUT2D eigenvalue weighted by Crippen LogP contribution is 2.36. The van der Waals surface area contributed by atoms with E-state index in [9.17, 15) is 0 Å². The van der Waals surface area contributed by atoms with Gasteiger partial charge in [0.2, 0.25) is 0 Å². The van der Waals surface area contributed by atoms with Crippen molar-refractivity contribution in [2.45, 2.75) is 0 Å². The number of halogens is 1. The van der Waals surface area contributed by atoms with Gasteiger partial charge in [0, 0.05) is 20.9 Å². The van der Waals surface area contributed by atoms with Gasteiger partial charge in [-0.15, -0.1) is 0 Å². The van der Waals surface area contributed by atoms with E-state index in [1.165, 1.54) is 60.9 Å². The summed E-state index contributed by atoms with van der Waals surface area (Å²) in [4.78, 5) is 0. The van der Waals surface area contributed by atoms with Crippen LogP contribution in [0.1, 0.15) is 0 Å². The lowest BCUT2D eigenvalue weighted by Gasteiger charge is -2.10. The van der Waals surface area contributed by atoms with Crippen LogP contribution in [-0.4, -0.2) is 4.57 Å². The van der Waals surface area contributed by atoms with Crippen molar-refractivity contribution in [2.75, 3.05) is 0 Å². The highest BCUT2D eigenvalue weighted by Gasteiger charge is 2.13. The van der Waals surface area contributed by atoms with Crippen LogP contribution in [0.4, 0.5) is 0 Å². The zero-order valence-corrected chi connectivity index (χ0v) is 22.3. The average Bonchev–Trinajstić information content (AvgIpc) is 3.32. The van der Waals surface area contributed by atoms with E-state index in [2.05, 4.69) is 166 Å². The molecule has 0 aliphatic carbocycles. The van der Waals surface area contributed by atoms with Crippen molar-refractivity contribution in [3.05, 3.63) is 150 Å². The molecule has 0 atom stereocenters. The van der Waals surface area contributed by atoms with Gasteiger partial charge in [-0.2, -0.15) is 0 Å². The molecule has 6 aromatic carbocycles. The average molecular weight is 550 g/mol. The van der Waals surface area contributed by atoms with Crippen LogP contribution in [0.15, 0.2) is 150 Å². The predicted molar refractivity (Wildman–Crippen MR) is 165 cm³/mol. The Morgan fingerprint density at radius 1 is 0.368 bits per heavy atom. The molecule has 0 radical (unpaired) electrons. The third-order valence-corrected chi connectivity index (χ3v) is 7.81. The van der Waals surface area contributed by atoms with Gasteiger partial charge >= 0.3 is 0 Å². The summed E-state index contributed by atoms with van der Waals surface area (Å²) in [6.45, 7) is 0. The lowest BCUT2D eigenvalue weighted by atomic mass is 9.98. The largest absolute Gasteiger partial charge is 0.309 e. The first-order valence-electron chi connectivity index (χ1n) is 12.8. The second-order valence-corrected chi connectivity index (χ2v) is 10.5. The van der Waals surface area contributed by atoms with E-state index in [1.54, 1.807) is 0 Å². The smallest absolute Gasteiger partial charge is 0.0541 e. The van der Waals surface area contributed by atoms with Crippen molar-refractivity contribution in [3.8, 4) is 39.1 Å². The molecule has 2 heteroatoms. The first-order chi connectivity index (χ1) is 18.7. The summed E-state index contributed by atoms with van der Waals surface area (Å²) in [5.74, 6) is 0. The number of hydrogen-bond acceptors (Lipinski definition) is 0. The Kier molecular flexibility index (Phi) is 5.68. The number of hydrogen-bond donors (Lipinski definition) is 0.